The zero-order valence-corrected chi connectivity index (χ0v) is 19.0. The van der Waals surface area contributed by atoms with Gasteiger partial charge < -0.3 is 25.2 Å². The van der Waals surface area contributed by atoms with Gasteiger partial charge in [-0.15, -0.1) is 0 Å². The molecule has 2 N–H and O–H groups in total. The molecule has 0 unspecified atom stereocenters. The Labute approximate surface area is 193 Å². The molecule has 1 amide bonds. The summed E-state index contributed by atoms with van der Waals surface area (Å²) in [5, 5.41) is 6.63. The van der Waals surface area contributed by atoms with Crippen molar-refractivity contribution in [2.45, 2.75) is 0 Å². The van der Waals surface area contributed by atoms with Crippen LogP contribution in [-0.2, 0) is 0 Å². The molecule has 0 aliphatic carbocycles. The van der Waals surface area contributed by atoms with Crippen LogP contribution in [0.3, 0.4) is 0 Å². The lowest BCUT2D eigenvalue weighted by Gasteiger charge is -2.30. The van der Waals surface area contributed by atoms with Crippen molar-refractivity contribution in [1.29, 1.82) is 0 Å². The normalized spacial score (nSPS) is 15.6. The number of anilines is 6. The SMILES string of the molecule is COc1cc(N2CCNCC2)ccc1Nc1ncc2c(n1)N(C)C(=O)c1ccccc1N2C. The van der Waals surface area contributed by atoms with Crippen LogP contribution >= 0.6 is 0 Å². The zero-order chi connectivity index (χ0) is 22.9. The lowest BCUT2D eigenvalue weighted by atomic mass is 10.1. The molecule has 1 fully saturated rings. The van der Waals surface area contributed by atoms with Crippen LogP contribution in [0.25, 0.3) is 0 Å². The van der Waals surface area contributed by atoms with Crippen LogP contribution in [0.15, 0.2) is 48.7 Å². The summed E-state index contributed by atoms with van der Waals surface area (Å²) in [6.45, 7) is 3.85. The van der Waals surface area contributed by atoms with Crippen LogP contribution in [0.5, 0.6) is 5.75 Å². The van der Waals surface area contributed by atoms with E-state index in [2.05, 4.69) is 31.6 Å². The number of hydrogen-bond donors (Lipinski definition) is 2. The highest BCUT2D eigenvalue weighted by Gasteiger charge is 2.29. The molecule has 33 heavy (non-hydrogen) atoms. The molecule has 0 atom stereocenters. The van der Waals surface area contributed by atoms with Crippen molar-refractivity contribution in [2.24, 2.45) is 0 Å². The van der Waals surface area contributed by atoms with Crippen molar-refractivity contribution in [1.82, 2.24) is 15.3 Å². The maximum Gasteiger partial charge on any atom is 0.261 e. The molecule has 3 heterocycles. The number of benzene rings is 2. The number of hydrogen-bond acceptors (Lipinski definition) is 8. The minimum absolute atomic E-state index is 0.112. The van der Waals surface area contributed by atoms with E-state index in [0.717, 1.165) is 48.9 Å². The van der Waals surface area contributed by atoms with E-state index in [1.807, 2.05) is 48.3 Å². The molecule has 2 aliphatic rings. The Morgan fingerprint density at radius 3 is 2.61 bits per heavy atom. The van der Waals surface area contributed by atoms with E-state index in [4.69, 9.17) is 4.74 Å². The third-order valence-electron chi connectivity index (χ3n) is 6.14. The number of para-hydroxylation sites is 1. The topological polar surface area (TPSA) is 85.9 Å². The maximum atomic E-state index is 13.1. The summed E-state index contributed by atoms with van der Waals surface area (Å²) in [4.78, 5) is 28.1. The fourth-order valence-corrected chi connectivity index (χ4v) is 4.29. The predicted molar refractivity (Wildman–Crippen MR) is 131 cm³/mol. The minimum atomic E-state index is -0.112. The lowest BCUT2D eigenvalue weighted by molar-refractivity contribution is 0.0993. The van der Waals surface area contributed by atoms with Gasteiger partial charge in [0.25, 0.3) is 5.91 Å². The first-order chi connectivity index (χ1) is 16.1. The smallest absolute Gasteiger partial charge is 0.261 e. The van der Waals surface area contributed by atoms with Gasteiger partial charge in [-0.2, -0.15) is 4.98 Å². The second kappa shape index (κ2) is 8.59. The summed E-state index contributed by atoms with van der Waals surface area (Å²) in [5.74, 6) is 1.52. The summed E-state index contributed by atoms with van der Waals surface area (Å²) >= 11 is 0. The molecule has 3 aromatic rings. The number of nitrogens with zero attached hydrogens (tertiary/aromatic N) is 5. The number of aromatic nitrogens is 2. The molecule has 2 aliphatic heterocycles. The highest BCUT2D eigenvalue weighted by atomic mass is 16.5. The van der Waals surface area contributed by atoms with Crippen LogP contribution in [0.2, 0.25) is 0 Å². The van der Waals surface area contributed by atoms with E-state index in [1.165, 1.54) is 0 Å². The van der Waals surface area contributed by atoms with E-state index in [0.29, 0.717) is 23.1 Å². The van der Waals surface area contributed by atoms with Gasteiger partial charge in [-0.05, 0) is 24.3 Å². The van der Waals surface area contributed by atoms with Crippen LogP contribution in [-0.4, -0.2) is 63.3 Å². The Morgan fingerprint density at radius 1 is 1.03 bits per heavy atom. The summed E-state index contributed by atoms with van der Waals surface area (Å²) in [6.07, 6.45) is 1.73. The highest BCUT2D eigenvalue weighted by Crippen LogP contribution is 2.38. The lowest BCUT2D eigenvalue weighted by Crippen LogP contribution is -2.43. The van der Waals surface area contributed by atoms with Crippen molar-refractivity contribution >= 4 is 40.4 Å². The molecule has 0 spiro atoms. The Hall–Kier alpha value is -3.85. The predicted octanol–water partition coefficient (Wildman–Crippen LogP) is 3.00. The molecular weight excluding hydrogens is 418 g/mol. The summed E-state index contributed by atoms with van der Waals surface area (Å²) in [5.41, 5.74) is 4.08. The zero-order valence-electron chi connectivity index (χ0n) is 19.0. The van der Waals surface area contributed by atoms with Crippen molar-refractivity contribution in [2.75, 3.05) is 67.4 Å². The van der Waals surface area contributed by atoms with Crippen molar-refractivity contribution in [3.63, 3.8) is 0 Å². The number of piperazine rings is 1. The van der Waals surface area contributed by atoms with Crippen LogP contribution < -0.4 is 30.1 Å². The molecular formula is C24H27N7O2. The number of nitrogens with one attached hydrogen (secondary N) is 2. The highest BCUT2D eigenvalue weighted by molar-refractivity contribution is 6.12. The quantitative estimate of drug-likeness (QED) is 0.634. The second-order valence-corrected chi connectivity index (χ2v) is 8.09. The first-order valence-electron chi connectivity index (χ1n) is 11.0. The Balaban J connectivity index is 1.46. The number of carbonyl (C=O) groups is 1. The molecule has 170 valence electrons. The van der Waals surface area contributed by atoms with E-state index in [-0.39, 0.29) is 5.91 Å². The molecule has 1 saturated heterocycles. The third-order valence-corrected chi connectivity index (χ3v) is 6.14. The monoisotopic (exact) mass is 445 g/mol. The summed E-state index contributed by atoms with van der Waals surface area (Å²) < 4.78 is 5.65. The van der Waals surface area contributed by atoms with Crippen LogP contribution in [0, 0.1) is 0 Å². The molecule has 9 heteroatoms. The van der Waals surface area contributed by atoms with Crippen molar-refractivity contribution < 1.29 is 9.53 Å². The van der Waals surface area contributed by atoms with E-state index < -0.39 is 0 Å². The standard InChI is InChI=1S/C24H27N7O2/c1-29-19-7-5-4-6-17(19)23(32)30(2)22-20(29)15-26-24(28-22)27-18-9-8-16(14-21(18)33-3)31-12-10-25-11-13-31/h4-9,14-15,25H,10-13H2,1-3H3,(H,26,27,28). The van der Waals surface area contributed by atoms with Gasteiger partial charge in [0.1, 0.15) is 11.4 Å². The van der Waals surface area contributed by atoms with E-state index in [9.17, 15) is 4.79 Å². The van der Waals surface area contributed by atoms with Crippen LogP contribution in [0.1, 0.15) is 10.4 Å². The number of fused-ring (bicyclic) bond motifs is 2. The largest absolute Gasteiger partial charge is 0.494 e. The first-order valence-corrected chi connectivity index (χ1v) is 11.0. The number of ether oxygens (including phenoxy) is 1. The number of methoxy groups -OCH3 is 1. The Morgan fingerprint density at radius 2 is 1.82 bits per heavy atom. The maximum absolute atomic E-state index is 13.1. The van der Waals surface area contributed by atoms with Crippen molar-refractivity contribution in [3.8, 4) is 5.75 Å². The first kappa shape index (κ1) is 21.0. The van der Waals surface area contributed by atoms with Gasteiger partial charge in [-0.1, -0.05) is 12.1 Å². The van der Waals surface area contributed by atoms with Gasteiger partial charge >= 0.3 is 0 Å². The van der Waals surface area contributed by atoms with Gasteiger partial charge in [0, 0.05) is 52.0 Å². The molecule has 0 bridgehead atoms. The fourth-order valence-electron chi connectivity index (χ4n) is 4.29. The van der Waals surface area contributed by atoms with E-state index >= 15 is 0 Å². The van der Waals surface area contributed by atoms with Crippen LogP contribution in [0.4, 0.5) is 34.5 Å². The summed E-state index contributed by atoms with van der Waals surface area (Å²) in [6, 6.07) is 13.6. The summed E-state index contributed by atoms with van der Waals surface area (Å²) in [7, 11) is 5.30. The molecule has 1 aromatic heterocycles. The molecule has 9 nitrogen and oxygen atoms in total. The second-order valence-electron chi connectivity index (χ2n) is 8.09. The van der Waals surface area contributed by atoms with Gasteiger partial charge in [0.05, 0.1) is 30.2 Å². The Kier molecular flexibility index (Phi) is 5.47. The van der Waals surface area contributed by atoms with Gasteiger partial charge in [-0.25, -0.2) is 4.98 Å². The van der Waals surface area contributed by atoms with Gasteiger partial charge in [0.2, 0.25) is 5.95 Å². The number of carbonyl (C=O) groups excluding carboxylic acids is 1. The Bertz CT molecular complexity index is 1190. The van der Waals surface area contributed by atoms with Gasteiger partial charge in [0.15, 0.2) is 5.82 Å². The molecule has 0 radical (unpaired) electrons. The van der Waals surface area contributed by atoms with E-state index in [1.54, 1.807) is 25.3 Å². The molecule has 5 rings (SSSR count). The molecule has 0 saturated carbocycles. The number of amides is 1. The van der Waals surface area contributed by atoms with Crippen molar-refractivity contribution in [3.05, 3.63) is 54.2 Å². The molecule has 2 aromatic carbocycles. The minimum Gasteiger partial charge on any atom is -0.494 e. The number of rotatable bonds is 4. The average molecular weight is 446 g/mol. The van der Waals surface area contributed by atoms with Gasteiger partial charge in [-0.3, -0.25) is 9.69 Å². The fraction of sp³-hybridized carbons (Fsp3) is 0.292. The third kappa shape index (κ3) is 3.80. The average Bonchev–Trinajstić information content (AvgIpc) is 2.94.